The zero-order chi connectivity index (χ0) is 15.8. The number of rotatable bonds is 7. The van der Waals surface area contributed by atoms with E-state index in [-0.39, 0.29) is 5.91 Å². The SMILES string of the molecule is C=CCOc1ccc(NC(=O)C(C)Oc2ccccc2)cc1. The molecule has 1 amide bonds. The van der Waals surface area contributed by atoms with E-state index in [2.05, 4.69) is 11.9 Å². The van der Waals surface area contributed by atoms with Gasteiger partial charge in [-0.25, -0.2) is 0 Å². The Morgan fingerprint density at radius 2 is 1.82 bits per heavy atom. The highest BCUT2D eigenvalue weighted by atomic mass is 16.5. The van der Waals surface area contributed by atoms with E-state index in [1.165, 1.54) is 0 Å². The number of carbonyl (C=O) groups excluding carboxylic acids is 1. The maximum Gasteiger partial charge on any atom is 0.265 e. The van der Waals surface area contributed by atoms with Crippen LogP contribution in [0, 0.1) is 0 Å². The lowest BCUT2D eigenvalue weighted by atomic mass is 10.2. The van der Waals surface area contributed by atoms with Crippen molar-refractivity contribution in [1.82, 2.24) is 0 Å². The van der Waals surface area contributed by atoms with Gasteiger partial charge >= 0.3 is 0 Å². The Bertz CT molecular complexity index is 608. The van der Waals surface area contributed by atoms with E-state index in [0.29, 0.717) is 18.0 Å². The molecule has 0 aliphatic rings. The monoisotopic (exact) mass is 297 g/mol. The van der Waals surface area contributed by atoms with Crippen LogP contribution in [0.15, 0.2) is 67.3 Å². The fourth-order valence-electron chi connectivity index (χ4n) is 1.79. The summed E-state index contributed by atoms with van der Waals surface area (Å²) in [6, 6.07) is 16.4. The predicted molar refractivity (Wildman–Crippen MR) is 87.3 cm³/mol. The van der Waals surface area contributed by atoms with Crippen LogP contribution in [0.3, 0.4) is 0 Å². The van der Waals surface area contributed by atoms with E-state index in [1.807, 2.05) is 30.3 Å². The van der Waals surface area contributed by atoms with Gasteiger partial charge in [0.1, 0.15) is 18.1 Å². The van der Waals surface area contributed by atoms with Crippen LogP contribution < -0.4 is 14.8 Å². The normalized spacial score (nSPS) is 11.3. The minimum atomic E-state index is -0.584. The van der Waals surface area contributed by atoms with Crippen molar-refractivity contribution in [3.8, 4) is 11.5 Å². The molecule has 2 aromatic carbocycles. The van der Waals surface area contributed by atoms with Gasteiger partial charge < -0.3 is 14.8 Å². The fraction of sp³-hybridized carbons (Fsp3) is 0.167. The summed E-state index contributed by atoms with van der Waals surface area (Å²) in [7, 11) is 0. The molecule has 0 spiro atoms. The minimum Gasteiger partial charge on any atom is -0.490 e. The maximum absolute atomic E-state index is 12.1. The highest BCUT2D eigenvalue weighted by Gasteiger charge is 2.14. The number of hydrogen-bond donors (Lipinski definition) is 1. The number of carbonyl (C=O) groups is 1. The second kappa shape index (κ2) is 7.88. The molecule has 1 N–H and O–H groups in total. The molecular weight excluding hydrogens is 278 g/mol. The molecule has 0 fully saturated rings. The molecule has 2 rings (SSSR count). The zero-order valence-electron chi connectivity index (χ0n) is 12.5. The molecule has 0 aliphatic heterocycles. The van der Waals surface area contributed by atoms with Crippen LogP contribution in [0.2, 0.25) is 0 Å². The molecule has 0 saturated heterocycles. The van der Waals surface area contributed by atoms with Gasteiger partial charge in [-0.3, -0.25) is 4.79 Å². The number of ether oxygens (including phenoxy) is 2. The third-order valence-electron chi connectivity index (χ3n) is 2.91. The van der Waals surface area contributed by atoms with Crippen molar-refractivity contribution >= 4 is 11.6 Å². The van der Waals surface area contributed by atoms with Gasteiger partial charge in [-0.1, -0.05) is 30.9 Å². The maximum atomic E-state index is 12.1. The molecular formula is C18H19NO3. The second-order valence-corrected chi connectivity index (χ2v) is 4.69. The molecule has 4 nitrogen and oxygen atoms in total. The number of para-hydroxylation sites is 1. The van der Waals surface area contributed by atoms with Gasteiger partial charge in [-0.2, -0.15) is 0 Å². The standard InChI is InChI=1S/C18H19NO3/c1-3-13-21-16-11-9-15(10-12-16)19-18(20)14(2)22-17-7-5-4-6-8-17/h3-12,14H,1,13H2,2H3,(H,19,20). The quantitative estimate of drug-likeness (QED) is 0.793. The average molecular weight is 297 g/mol. The molecule has 0 aliphatic carbocycles. The Hall–Kier alpha value is -2.75. The summed E-state index contributed by atoms with van der Waals surface area (Å²) in [6.45, 7) is 5.75. The topological polar surface area (TPSA) is 47.6 Å². The van der Waals surface area contributed by atoms with Gasteiger partial charge in [0.15, 0.2) is 6.10 Å². The smallest absolute Gasteiger partial charge is 0.265 e. The van der Waals surface area contributed by atoms with Crippen molar-refractivity contribution in [2.75, 3.05) is 11.9 Å². The van der Waals surface area contributed by atoms with Gasteiger partial charge in [-0.15, -0.1) is 0 Å². The largest absolute Gasteiger partial charge is 0.490 e. The third kappa shape index (κ3) is 4.66. The van der Waals surface area contributed by atoms with Gasteiger partial charge in [0.05, 0.1) is 0 Å². The van der Waals surface area contributed by atoms with E-state index >= 15 is 0 Å². The molecule has 0 bridgehead atoms. The highest BCUT2D eigenvalue weighted by Crippen LogP contribution is 2.17. The van der Waals surface area contributed by atoms with Crippen LogP contribution in [0.5, 0.6) is 11.5 Å². The molecule has 0 saturated carbocycles. The summed E-state index contributed by atoms with van der Waals surface area (Å²) in [5, 5.41) is 2.81. The average Bonchev–Trinajstić information content (AvgIpc) is 2.55. The Balaban J connectivity index is 1.89. The number of amides is 1. The van der Waals surface area contributed by atoms with Gasteiger partial charge in [0, 0.05) is 5.69 Å². The molecule has 1 unspecified atom stereocenters. The van der Waals surface area contributed by atoms with Crippen LogP contribution in [0.1, 0.15) is 6.92 Å². The van der Waals surface area contributed by atoms with Crippen LogP contribution in [0.4, 0.5) is 5.69 Å². The lowest BCUT2D eigenvalue weighted by Crippen LogP contribution is -2.30. The van der Waals surface area contributed by atoms with Crippen molar-refractivity contribution in [3.05, 3.63) is 67.3 Å². The van der Waals surface area contributed by atoms with Crippen molar-refractivity contribution in [2.45, 2.75) is 13.0 Å². The first-order valence-corrected chi connectivity index (χ1v) is 7.05. The predicted octanol–water partition coefficient (Wildman–Crippen LogP) is 3.66. The molecule has 0 radical (unpaired) electrons. The molecule has 4 heteroatoms. The fourth-order valence-corrected chi connectivity index (χ4v) is 1.79. The van der Waals surface area contributed by atoms with Crippen LogP contribution in [-0.2, 0) is 4.79 Å². The first kappa shape index (κ1) is 15.6. The van der Waals surface area contributed by atoms with Crippen LogP contribution in [0.25, 0.3) is 0 Å². The van der Waals surface area contributed by atoms with Crippen LogP contribution in [-0.4, -0.2) is 18.6 Å². The first-order valence-electron chi connectivity index (χ1n) is 7.05. The summed E-state index contributed by atoms with van der Waals surface area (Å²) in [5.74, 6) is 1.19. The Kier molecular flexibility index (Phi) is 5.60. The number of benzene rings is 2. The highest BCUT2D eigenvalue weighted by molar-refractivity contribution is 5.94. The number of anilines is 1. The molecule has 22 heavy (non-hydrogen) atoms. The molecule has 2 aromatic rings. The summed E-state index contributed by atoms with van der Waals surface area (Å²) in [4.78, 5) is 12.1. The van der Waals surface area contributed by atoms with E-state index in [0.717, 1.165) is 5.75 Å². The van der Waals surface area contributed by atoms with Gasteiger partial charge in [0.2, 0.25) is 0 Å². The number of hydrogen-bond acceptors (Lipinski definition) is 3. The number of nitrogens with one attached hydrogen (secondary N) is 1. The Morgan fingerprint density at radius 3 is 2.45 bits per heavy atom. The first-order chi connectivity index (χ1) is 10.7. The molecule has 0 heterocycles. The Labute approximate surface area is 130 Å². The molecule has 114 valence electrons. The zero-order valence-corrected chi connectivity index (χ0v) is 12.5. The summed E-state index contributed by atoms with van der Waals surface area (Å²) in [5.41, 5.74) is 0.694. The molecule has 0 aromatic heterocycles. The van der Waals surface area contributed by atoms with E-state index < -0.39 is 6.10 Å². The lowest BCUT2D eigenvalue weighted by Gasteiger charge is -2.14. The van der Waals surface area contributed by atoms with Gasteiger partial charge in [0.25, 0.3) is 5.91 Å². The summed E-state index contributed by atoms with van der Waals surface area (Å²) >= 11 is 0. The van der Waals surface area contributed by atoms with E-state index in [1.54, 1.807) is 37.3 Å². The summed E-state index contributed by atoms with van der Waals surface area (Å²) < 4.78 is 11.0. The minimum absolute atomic E-state index is 0.205. The van der Waals surface area contributed by atoms with E-state index in [9.17, 15) is 4.79 Å². The second-order valence-electron chi connectivity index (χ2n) is 4.69. The third-order valence-corrected chi connectivity index (χ3v) is 2.91. The van der Waals surface area contributed by atoms with Crippen molar-refractivity contribution in [1.29, 1.82) is 0 Å². The van der Waals surface area contributed by atoms with Crippen molar-refractivity contribution in [2.24, 2.45) is 0 Å². The van der Waals surface area contributed by atoms with Gasteiger partial charge in [-0.05, 0) is 43.3 Å². The van der Waals surface area contributed by atoms with Crippen molar-refractivity contribution < 1.29 is 14.3 Å². The van der Waals surface area contributed by atoms with Crippen molar-refractivity contribution in [3.63, 3.8) is 0 Å². The summed E-state index contributed by atoms with van der Waals surface area (Å²) in [6.07, 6.45) is 1.09. The lowest BCUT2D eigenvalue weighted by molar-refractivity contribution is -0.122. The van der Waals surface area contributed by atoms with E-state index in [4.69, 9.17) is 9.47 Å². The molecule has 1 atom stereocenters. The Morgan fingerprint density at radius 1 is 1.14 bits per heavy atom. The van der Waals surface area contributed by atoms with Crippen LogP contribution >= 0.6 is 0 Å².